The first kappa shape index (κ1) is 16.3. The van der Waals surface area contributed by atoms with E-state index in [4.69, 9.17) is 0 Å². The normalized spacial score (nSPS) is 16.2. The van der Waals surface area contributed by atoms with E-state index in [1.807, 2.05) is 30.3 Å². The summed E-state index contributed by atoms with van der Waals surface area (Å²) in [5, 5.41) is 3.12. The molecule has 5 heteroatoms. The van der Waals surface area contributed by atoms with E-state index in [-0.39, 0.29) is 18.0 Å². The fourth-order valence-corrected chi connectivity index (χ4v) is 3.24. The quantitative estimate of drug-likeness (QED) is 0.740. The highest BCUT2D eigenvalue weighted by molar-refractivity contribution is 6.01. The third-order valence-corrected chi connectivity index (χ3v) is 4.49. The summed E-state index contributed by atoms with van der Waals surface area (Å²) in [6, 6.07) is 20.1. The molecule has 0 aliphatic carbocycles. The molecule has 0 bridgehead atoms. The average molecular weight is 350 g/mol. The Bertz CT molecular complexity index is 939. The number of rotatable bonds is 3. The lowest BCUT2D eigenvalue weighted by Gasteiger charge is -2.38. The van der Waals surface area contributed by atoms with Crippen LogP contribution in [0.4, 0.5) is 14.5 Å². The van der Waals surface area contributed by atoms with Crippen LogP contribution in [0.1, 0.15) is 27.7 Å². The zero-order valence-corrected chi connectivity index (χ0v) is 13.8. The topological polar surface area (TPSA) is 32.3 Å². The summed E-state index contributed by atoms with van der Waals surface area (Å²) in [5.41, 5.74) is 1.76. The zero-order chi connectivity index (χ0) is 18.1. The lowest BCUT2D eigenvalue weighted by Crippen LogP contribution is -2.43. The number of hydrogen-bond donors (Lipinski definition) is 1. The predicted octanol–water partition coefficient (Wildman–Crippen LogP) is 4.73. The number of hydrogen-bond acceptors (Lipinski definition) is 2. The van der Waals surface area contributed by atoms with E-state index in [0.29, 0.717) is 11.3 Å². The van der Waals surface area contributed by atoms with Crippen LogP contribution in [0.3, 0.4) is 0 Å². The van der Waals surface area contributed by atoms with Crippen molar-refractivity contribution in [3.63, 3.8) is 0 Å². The highest BCUT2D eigenvalue weighted by atomic mass is 19.1. The SMILES string of the molecule is O=C1c2ccccc2N[C@@H](c2c(F)cccc2F)N1Cc1ccccc1. The van der Waals surface area contributed by atoms with Gasteiger partial charge < -0.3 is 10.2 Å². The largest absolute Gasteiger partial charge is 0.361 e. The highest BCUT2D eigenvalue weighted by Gasteiger charge is 2.35. The molecule has 130 valence electrons. The fraction of sp³-hybridized carbons (Fsp3) is 0.0952. The van der Waals surface area contributed by atoms with Crippen molar-refractivity contribution < 1.29 is 13.6 Å². The molecule has 26 heavy (non-hydrogen) atoms. The van der Waals surface area contributed by atoms with Gasteiger partial charge in [0.2, 0.25) is 0 Å². The highest BCUT2D eigenvalue weighted by Crippen LogP contribution is 2.36. The maximum Gasteiger partial charge on any atom is 0.258 e. The Hall–Kier alpha value is -3.21. The molecule has 0 unspecified atom stereocenters. The first-order chi connectivity index (χ1) is 12.6. The molecule has 0 saturated carbocycles. The van der Waals surface area contributed by atoms with Gasteiger partial charge in [-0.15, -0.1) is 0 Å². The number of fused-ring (bicyclic) bond motifs is 1. The number of halogens is 2. The molecule has 0 spiro atoms. The monoisotopic (exact) mass is 350 g/mol. The van der Waals surface area contributed by atoms with Crippen LogP contribution in [-0.4, -0.2) is 10.8 Å². The van der Waals surface area contributed by atoms with E-state index in [0.717, 1.165) is 5.56 Å². The number of benzene rings is 3. The van der Waals surface area contributed by atoms with E-state index >= 15 is 0 Å². The van der Waals surface area contributed by atoms with Crippen LogP contribution in [0.5, 0.6) is 0 Å². The van der Waals surface area contributed by atoms with E-state index in [9.17, 15) is 13.6 Å². The van der Waals surface area contributed by atoms with Gasteiger partial charge in [0.1, 0.15) is 17.8 Å². The fourth-order valence-electron chi connectivity index (χ4n) is 3.24. The molecule has 0 saturated heterocycles. The molecule has 1 aliphatic rings. The van der Waals surface area contributed by atoms with Crippen molar-refractivity contribution in [3.8, 4) is 0 Å². The van der Waals surface area contributed by atoms with Crippen LogP contribution in [-0.2, 0) is 6.54 Å². The molecular formula is C21H16F2N2O. The van der Waals surface area contributed by atoms with Crippen LogP contribution >= 0.6 is 0 Å². The van der Waals surface area contributed by atoms with Crippen LogP contribution in [0, 0.1) is 11.6 Å². The van der Waals surface area contributed by atoms with Crippen molar-refractivity contribution in [2.24, 2.45) is 0 Å². The van der Waals surface area contributed by atoms with Crippen molar-refractivity contribution in [1.82, 2.24) is 4.90 Å². The number of amides is 1. The Morgan fingerprint density at radius 1 is 0.846 bits per heavy atom. The van der Waals surface area contributed by atoms with Crippen molar-refractivity contribution in [3.05, 3.63) is 101 Å². The van der Waals surface area contributed by atoms with Gasteiger partial charge in [0, 0.05) is 12.2 Å². The van der Waals surface area contributed by atoms with Gasteiger partial charge in [0.25, 0.3) is 5.91 Å². The summed E-state index contributed by atoms with van der Waals surface area (Å²) in [5.74, 6) is -1.64. The molecule has 0 radical (unpaired) electrons. The van der Waals surface area contributed by atoms with Crippen molar-refractivity contribution in [2.45, 2.75) is 12.7 Å². The number of carbonyl (C=O) groups is 1. The number of carbonyl (C=O) groups excluding carboxylic acids is 1. The number of nitrogens with zero attached hydrogens (tertiary/aromatic N) is 1. The maximum atomic E-state index is 14.4. The van der Waals surface area contributed by atoms with Gasteiger partial charge in [0.05, 0.1) is 11.1 Å². The molecule has 3 aromatic carbocycles. The molecule has 0 aromatic heterocycles. The minimum atomic E-state index is -0.932. The smallest absolute Gasteiger partial charge is 0.258 e. The van der Waals surface area contributed by atoms with Gasteiger partial charge in [-0.3, -0.25) is 4.79 Å². The molecule has 1 N–H and O–H groups in total. The number of para-hydroxylation sites is 1. The lowest BCUT2D eigenvalue weighted by atomic mass is 10.0. The van der Waals surface area contributed by atoms with Gasteiger partial charge in [-0.05, 0) is 29.8 Å². The summed E-state index contributed by atoms with van der Waals surface area (Å²) < 4.78 is 28.9. The molecular weight excluding hydrogens is 334 g/mol. The third-order valence-electron chi connectivity index (χ3n) is 4.49. The summed E-state index contributed by atoms with van der Waals surface area (Å²) >= 11 is 0. The second-order valence-electron chi connectivity index (χ2n) is 6.15. The van der Waals surface area contributed by atoms with Gasteiger partial charge >= 0.3 is 0 Å². The number of nitrogens with one attached hydrogen (secondary N) is 1. The molecule has 3 nitrogen and oxygen atoms in total. The van der Waals surface area contributed by atoms with Gasteiger partial charge in [0.15, 0.2) is 0 Å². The second kappa shape index (κ2) is 6.59. The lowest BCUT2D eigenvalue weighted by molar-refractivity contribution is 0.0660. The molecule has 1 aliphatic heterocycles. The third kappa shape index (κ3) is 2.81. The minimum Gasteiger partial charge on any atom is -0.361 e. The molecule has 0 fully saturated rings. The molecule has 1 amide bonds. The molecule has 1 atom stereocenters. The Morgan fingerprint density at radius 3 is 2.23 bits per heavy atom. The predicted molar refractivity (Wildman–Crippen MR) is 95.5 cm³/mol. The van der Waals surface area contributed by atoms with Crippen molar-refractivity contribution in [2.75, 3.05) is 5.32 Å². The summed E-state index contributed by atoms with van der Waals surface area (Å²) in [7, 11) is 0. The van der Waals surface area contributed by atoms with E-state index in [1.54, 1.807) is 24.3 Å². The first-order valence-electron chi connectivity index (χ1n) is 8.29. The van der Waals surface area contributed by atoms with Crippen LogP contribution in [0.25, 0.3) is 0 Å². The van der Waals surface area contributed by atoms with E-state index < -0.39 is 17.8 Å². The van der Waals surface area contributed by atoms with Crippen LogP contribution in [0.2, 0.25) is 0 Å². The minimum absolute atomic E-state index is 0.161. The van der Waals surface area contributed by atoms with Gasteiger partial charge in [-0.25, -0.2) is 8.78 Å². The van der Waals surface area contributed by atoms with Crippen molar-refractivity contribution in [1.29, 1.82) is 0 Å². The Morgan fingerprint density at radius 2 is 1.50 bits per heavy atom. The Labute approximate surface area is 149 Å². The van der Waals surface area contributed by atoms with E-state index in [1.165, 1.54) is 23.1 Å². The molecule has 4 rings (SSSR count). The van der Waals surface area contributed by atoms with E-state index in [2.05, 4.69) is 5.32 Å². The summed E-state index contributed by atoms with van der Waals surface area (Å²) in [4.78, 5) is 14.5. The van der Waals surface area contributed by atoms with Crippen LogP contribution in [0.15, 0.2) is 72.8 Å². The molecule has 1 heterocycles. The van der Waals surface area contributed by atoms with Crippen molar-refractivity contribution >= 4 is 11.6 Å². The summed E-state index contributed by atoms with van der Waals surface area (Å²) in [6.45, 7) is 0.236. The first-order valence-corrected chi connectivity index (χ1v) is 8.29. The number of anilines is 1. The Kier molecular flexibility index (Phi) is 4.13. The molecule has 3 aromatic rings. The van der Waals surface area contributed by atoms with Crippen LogP contribution < -0.4 is 5.32 Å². The second-order valence-corrected chi connectivity index (χ2v) is 6.15. The maximum absolute atomic E-state index is 14.4. The van der Waals surface area contributed by atoms with Gasteiger partial charge in [-0.1, -0.05) is 48.5 Å². The summed E-state index contributed by atoms with van der Waals surface area (Å²) in [6.07, 6.45) is -0.932. The Balaban J connectivity index is 1.82. The zero-order valence-electron chi connectivity index (χ0n) is 13.8. The average Bonchev–Trinajstić information content (AvgIpc) is 2.65. The standard InChI is InChI=1S/C21H16F2N2O/c22-16-10-6-11-17(23)19(16)20-24-18-12-5-4-9-15(18)21(26)25(20)13-14-7-2-1-3-8-14/h1-12,20,24H,13H2/t20-/m1/s1. The van der Waals surface area contributed by atoms with Gasteiger partial charge in [-0.2, -0.15) is 0 Å².